The molecule has 1 aromatic rings. The molecule has 3 rings (SSSR count). The van der Waals surface area contributed by atoms with Crippen LogP contribution in [-0.4, -0.2) is 11.5 Å². The van der Waals surface area contributed by atoms with Crippen molar-refractivity contribution in [1.29, 1.82) is 0 Å². The lowest BCUT2D eigenvalue weighted by Gasteiger charge is -2.16. The first kappa shape index (κ1) is 11.3. The number of benzene rings is 1. The molecule has 3 N–H and O–H groups in total. The SMILES string of the molecule is Nc1cccc(NCC2(C3CC3)CC2)c1[N+](=O)[O-]. The van der Waals surface area contributed by atoms with Crippen molar-refractivity contribution in [2.75, 3.05) is 17.6 Å². The molecular formula is C13H17N3O2. The first-order chi connectivity index (χ1) is 8.62. The number of nitro groups is 1. The molecular weight excluding hydrogens is 230 g/mol. The van der Waals surface area contributed by atoms with E-state index in [1.165, 1.54) is 25.7 Å². The summed E-state index contributed by atoms with van der Waals surface area (Å²) in [7, 11) is 0. The van der Waals surface area contributed by atoms with Crippen LogP contribution in [0.15, 0.2) is 18.2 Å². The van der Waals surface area contributed by atoms with Crippen LogP contribution in [0.5, 0.6) is 0 Å². The van der Waals surface area contributed by atoms with Crippen LogP contribution >= 0.6 is 0 Å². The summed E-state index contributed by atoms with van der Waals surface area (Å²) in [5.74, 6) is 0.838. The molecule has 0 bridgehead atoms. The van der Waals surface area contributed by atoms with Crippen LogP contribution in [0.4, 0.5) is 17.1 Å². The lowest BCUT2D eigenvalue weighted by molar-refractivity contribution is -0.383. The van der Waals surface area contributed by atoms with Gasteiger partial charge < -0.3 is 11.1 Å². The summed E-state index contributed by atoms with van der Waals surface area (Å²) in [6, 6.07) is 5.05. The summed E-state index contributed by atoms with van der Waals surface area (Å²) in [6.45, 7) is 0.835. The van der Waals surface area contributed by atoms with Crippen molar-refractivity contribution >= 4 is 17.1 Å². The minimum Gasteiger partial charge on any atom is -0.393 e. The minimum atomic E-state index is -0.408. The Bertz CT molecular complexity index is 493. The molecule has 2 aliphatic carbocycles. The number of para-hydroxylation sites is 1. The summed E-state index contributed by atoms with van der Waals surface area (Å²) >= 11 is 0. The van der Waals surface area contributed by atoms with Crippen LogP contribution in [0, 0.1) is 21.4 Å². The van der Waals surface area contributed by atoms with Gasteiger partial charge in [0.15, 0.2) is 0 Å². The zero-order valence-corrected chi connectivity index (χ0v) is 10.2. The number of anilines is 2. The molecule has 0 spiro atoms. The lowest BCUT2D eigenvalue weighted by Crippen LogP contribution is -2.18. The Morgan fingerprint density at radius 2 is 2.17 bits per heavy atom. The van der Waals surface area contributed by atoms with Crippen molar-refractivity contribution in [3.05, 3.63) is 28.3 Å². The van der Waals surface area contributed by atoms with E-state index < -0.39 is 4.92 Å². The number of hydrogen-bond donors (Lipinski definition) is 2. The molecule has 1 aromatic carbocycles. The average molecular weight is 247 g/mol. The highest BCUT2D eigenvalue weighted by atomic mass is 16.6. The average Bonchev–Trinajstić information content (AvgIpc) is 3.17. The van der Waals surface area contributed by atoms with E-state index in [2.05, 4.69) is 5.32 Å². The zero-order chi connectivity index (χ0) is 12.8. The van der Waals surface area contributed by atoms with Gasteiger partial charge in [-0.1, -0.05) is 6.07 Å². The number of nitrogens with two attached hydrogens (primary N) is 1. The van der Waals surface area contributed by atoms with Gasteiger partial charge in [-0.15, -0.1) is 0 Å². The Balaban J connectivity index is 1.76. The highest BCUT2D eigenvalue weighted by Crippen LogP contribution is 2.61. The predicted molar refractivity (Wildman–Crippen MR) is 70.4 cm³/mol. The molecule has 0 amide bonds. The van der Waals surface area contributed by atoms with Crippen LogP contribution in [0.25, 0.3) is 0 Å². The molecule has 0 radical (unpaired) electrons. The largest absolute Gasteiger partial charge is 0.393 e. The zero-order valence-electron chi connectivity index (χ0n) is 10.2. The third kappa shape index (κ3) is 1.89. The van der Waals surface area contributed by atoms with Gasteiger partial charge in [0, 0.05) is 6.54 Å². The van der Waals surface area contributed by atoms with Gasteiger partial charge >= 0.3 is 5.69 Å². The van der Waals surface area contributed by atoms with Gasteiger partial charge in [0.2, 0.25) is 0 Å². The minimum absolute atomic E-state index is 0.00379. The van der Waals surface area contributed by atoms with Gasteiger partial charge in [-0.05, 0) is 49.1 Å². The van der Waals surface area contributed by atoms with Crippen LogP contribution < -0.4 is 11.1 Å². The molecule has 18 heavy (non-hydrogen) atoms. The highest BCUT2D eigenvalue weighted by molar-refractivity contribution is 5.74. The van der Waals surface area contributed by atoms with Crippen molar-refractivity contribution in [1.82, 2.24) is 0 Å². The first-order valence-corrected chi connectivity index (χ1v) is 6.39. The van der Waals surface area contributed by atoms with E-state index in [0.717, 1.165) is 12.5 Å². The molecule has 2 aliphatic rings. The number of hydrogen-bond acceptors (Lipinski definition) is 4. The summed E-state index contributed by atoms with van der Waals surface area (Å²) < 4.78 is 0. The smallest absolute Gasteiger partial charge is 0.314 e. The van der Waals surface area contributed by atoms with E-state index in [1.54, 1.807) is 18.2 Å². The Morgan fingerprint density at radius 1 is 1.44 bits per heavy atom. The van der Waals surface area contributed by atoms with Gasteiger partial charge in [-0.2, -0.15) is 0 Å². The third-order valence-electron chi connectivity index (χ3n) is 4.22. The Hall–Kier alpha value is -1.78. The van der Waals surface area contributed by atoms with E-state index >= 15 is 0 Å². The highest BCUT2D eigenvalue weighted by Gasteiger charge is 2.53. The molecule has 96 valence electrons. The van der Waals surface area contributed by atoms with E-state index in [0.29, 0.717) is 11.1 Å². The molecule has 0 heterocycles. The van der Waals surface area contributed by atoms with Gasteiger partial charge in [0.25, 0.3) is 0 Å². The second-order valence-electron chi connectivity index (χ2n) is 5.49. The molecule has 2 fully saturated rings. The molecule has 0 aliphatic heterocycles. The van der Waals surface area contributed by atoms with E-state index in [9.17, 15) is 10.1 Å². The molecule has 0 aromatic heterocycles. The molecule has 5 heteroatoms. The summed E-state index contributed by atoms with van der Waals surface area (Å²) in [6.07, 6.45) is 5.14. The third-order valence-corrected chi connectivity index (χ3v) is 4.22. The fraction of sp³-hybridized carbons (Fsp3) is 0.538. The molecule has 0 unspecified atom stereocenters. The van der Waals surface area contributed by atoms with Gasteiger partial charge in [-0.25, -0.2) is 0 Å². The second-order valence-corrected chi connectivity index (χ2v) is 5.49. The molecule has 2 saturated carbocycles. The monoisotopic (exact) mass is 247 g/mol. The van der Waals surface area contributed by atoms with Crippen LogP contribution in [0.1, 0.15) is 25.7 Å². The van der Waals surface area contributed by atoms with Crippen molar-refractivity contribution in [3.8, 4) is 0 Å². The molecule has 0 atom stereocenters. The first-order valence-electron chi connectivity index (χ1n) is 6.39. The quantitative estimate of drug-likeness (QED) is 0.476. The Labute approximate surface area is 106 Å². The van der Waals surface area contributed by atoms with Crippen LogP contribution in [-0.2, 0) is 0 Å². The lowest BCUT2D eigenvalue weighted by atomic mass is 10.0. The summed E-state index contributed by atoms with van der Waals surface area (Å²) in [5, 5.41) is 14.3. The molecule has 5 nitrogen and oxygen atoms in total. The standard InChI is InChI=1S/C13H17N3O2/c14-10-2-1-3-11(12(10)16(17)18)15-8-13(6-7-13)9-4-5-9/h1-3,9,15H,4-8,14H2. The van der Waals surface area contributed by atoms with E-state index in [-0.39, 0.29) is 11.4 Å². The van der Waals surface area contributed by atoms with Crippen LogP contribution in [0.2, 0.25) is 0 Å². The number of rotatable bonds is 5. The van der Waals surface area contributed by atoms with Crippen molar-refractivity contribution in [2.24, 2.45) is 11.3 Å². The second kappa shape index (κ2) is 3.86. The van der Waals surface area contributed by atoms with Gasteiger partial charge in [0.05, 0.1) is 4.92 Å². The Kier molecular flexibility index (Phi) is 2.43. The maximum atomic E-state index is 11.0. The van der Waals surface area contributed by atoms with Crippen LogP contribution in [0.3, 0.4) is 0 Å². The normalized spacial score (nSPS) is 20.4. The van der Waals surface area contributed by atoms with Gasteiger partial charge in [-0.3, -0.25) is 10.1 Å². The molecule has 0 saturated heterocycles. The summed E-state index contributed by atoms with van der Waals surface area (Å²) in [4.78, 5) is 10.6. The Morgan fingerprint density at radius 3 is 2.72 bits per heavy atom. The fourth-order valence-corrected chi connectivity index (χ4v) is 2.76. The van der Waals surface area contributed by atoms with Gasteiger partial charge in [0.1, 0.15) is 11.4 Å². The number of nitro benzene ring substituents is 1. The number of nitrogens with zero attached hydrogens (tertiary/aromatic N) is 1. The van der Waals surface area contributed by atoms with E-state index in [4.69, 9.17) is 5.73 Å². The van der Waals surface area contributed by atoms with E-state index in [1.807, 2.05) is 0 Å². The maximum Gasteiger partial charge on any atom is 0.314 e. The van der Waals surface area contributed by atoms with Crippen molar-refractivity contribution < 1.29 is 4.92 Å². The predicted octanol–water partition coefficient (Wildman–Crippen LogP) is 2.78. The summed E-state index contributed by atoms with van der Waals surface area (Å²) in [5.41, 5.74) is 6.86. The maximum absolute atomic E-state index is 11.0. The number of nitrogen functional groups attached to an aromatic ring is 1. The van der Waals surface area contributed by atoms with Crippen molar-refractivity contribution in [2.45, 2.75) is 25.7 Å². The topological polar surface area (TPSA) is 81.2 Å². The van der Waals surface area contributed by atoms with Crippen molar-refractivity contribution in [3.63, 3.8) is 0 Å². The number of nitrogens with one attached hydrogen (secondary N) is 1. The fourth-order valence-electron chi connectivity index (χ4n) is 2.76.